The van der Waals surface area contributed by atoms with Crippen LogP contribution in [0.25, 0.3) is 0 Å². The molecule has 0 atom stereocenters. The lowest BCUT2D eigenvalue weighted by Gasteiger charge is -2.01. The maximum Gasteiger partial charge on any atom is 0.382 e. The van der Waals surface area contributed by atoms with Crippen LogP contribution in [0.1, 0.15) is 47.8 Å². The standard InChI is InChI=1S/C9H10N2O5/c12-9(13)8-7(11(14)15)6(10-16-8)5-3-1-2-4-5/h5H,1-4H2,(H,12,13). The minimum Gasteiger partial charge on any atom is -0.475 e. The van der Waals surface area contributed by atoms with Crippen LogP contribution in [0.2, 0.25) is 0 Å². The molecule has 7 nitrogen and oxygen atoms in total. The maximum absolute atomic E-state index is 10.8. The lowest BCUT2D eigenvalue weighted by atomic mass is 10.0. The molecule has 0 radical (unpaired) electrons. The van der Waals surface area contributed by atoms with Gasteiger partial charge in [0.25, 0.3) is 0 Å². The zero-order valence-corrected chi connectivity index (χ0v) is 8.38. The molecule has 1 heterocycles. The molecule has 1 saturated carbocycles. The SMILES string of the molecule is O=C(O)c1onc(C2CCCC2)c1[N+](=O)[O-]. The molecule has 0 amide bonds. The van der Waals surface area contributed by atoms with Gasteiger partial charge < -0.3 is 9.63 Å². The Kier molecular flexibility index (Phi) is 2.59. The fraction of sp³-hybridized carbons (Fsp3) is 0.556. The number of carbonyl (C=O) groups is 1. The summed E-state index contributed by atoms with van der Waals surface area (Å²) < 4.78 is 4.54. The molecule has 0 bridgehead atoms. The second-order valence-electron chi connectivity index (χ2n) is 3.79. The highest BCUT2D eigenvalue weighted by atomic mass is 16.6. The number of hydrogen-bond acceptors (Lipinski definition) is 5. The fourth-order valence-electron chi connectivity index (χ4n) is 2.08. The van der Waals surface area contributed by atoms with Crippen molar-refractivity contribution in [2.75, 3.05) is 0 Å². The summed E-state index contributed by atoms with van der Waals surface area (Å²) in [5.41, 5.74) is -0.306. The van der Waals surface area contributed by atoms with Gasteiger partial charge in [-0.2, -0.15) is 0 Å². The quantitative estimate of drug-likeness (QED) is 0.623. The third-order valence-corrected chi connectivity index (χ3v) is 2.81. The normalized spacial score (nSPS) is 16.5. The summed E-state index contributed by atoms with van der Waals surface area (Å²) in [6.45, 7) is 0. The molecular weight excluding hydrogens is 216 g/mol. The third-order valence-electron chi connectivity index (χ3n) is 2.81. The van der Waals surface area contributed by atoms with Crippen molar-refractivity contribution in [3.63, 3.8) is 0 Å². The van der Waals surface area contributed by atoms with E-state index >= 15 is 0 Å². The van der Waals surface area contributed by atoms with Crippen molar-refractivity contribution in [1.82, 2.24) is 5.16 Å². The largest absolute Gasteiger partial charge is 0.475 e. The Bertz CT molecular complexity index is 433. The number of aromatic carboxylic acids is 1. The van der Waals surface area contributed by atoms with E-state index in [0.717, 1.165) is 25.7 Å². The lowest BCUT2D eigenvalue weighted by Crippen LogP contribution is -2.03. The zero-order valence-electron chi connectivity index (χ0n) is 8.38. The maximum atomic E-state index is 10.8. The van der Waals surface area contributed by atoms with Crippen molar-refractivity contribution in [3.8, 4) is 0 Å². The van der Waals surface area contributed by atoms with E-state index in [4.69, 9.17) is 5.11 Å². The van der Waals surface area contributed by atoms with E-state index in [0.29, 0.717) is 0 Å². The van der Waals surface area contributed by atoms with Crippen LogP contribution in [0, 0.1) is 10.1 Å². The van der Waals surface area contributed by atoms with E-state index in [1.54, 1.807) is 0 Å². The number of aromatic nitrogens is 1. The Labute approximate surface area is 90.2 Å². The van der Waals surface area contributed by atoms with Crippen molar-refractivity contribution in [3.05, 3.63) is 21.6 Å². The molecule has 0 aromatic carbocycles. The highest BCUT2D eigenvalue weighted by molar-refractivity contribution is 5.89. The van der Waals surface area contributed by atoms with Crippen LogP contribution < -0.4 is 0 Å². The topological polar surface area (TPSA) is 106 Å². The summed E-state index contributed by atoms with van der Waals surface area (Å²) >= 11 is 0. The highest BCUT2D eigenvalue weighted by Gasteiger charge is 2.36. The molecule has 1 aromatic rings. The highest BCUT2D eigenvalue weighted by Crippen LogP contribution is 2.39. The van der Waals surface area contributed by atoms with Crippen LogP contribution in [0.5, 0.6) is 0 Å². The van der Waals surface area contributed by atoms with Crippen molar-refractivity contribution in [2.24, 2.45) is 0 Å². The van der Waals surface area contributed by atoms with Gasteiger partial charge in [0, 0.05) is 5.92 Å². The van der Waals surface area contributed by atoms with Crippen molar-refractivity contribution in [1.29, 1.82) is 0 Å². The molecule has 1 fully saturated rings. The van der Waals surface area contributed by atoms with E-state index in [1.807, 2.05) is 0 Å². The van der Waals surface area contributed by atoms with Gasteiger partial charge in [0.05, 0.1) is 4.92 Å². The number of rotatable bonds is 3. The molecule has 2 rings (SSSR count). The Balaban J connectivity index is 2.45. The van der Waals surface area contributed by atoms with E-state index in [2.05, 4.69) is 9.68 Å². The molecule has 0 spiro atoms. The van der Waals surface area contributed by atoms with Gasteiger partial charge in [-0.15, -0.1) is 0 Å². The predicted octanol–water partition coefficient (Wildman–Crippen LogP) is 1.94. The van der Waals surface area contributed by atoms with Crippen LogP contribution in [0.3, 0.4) is 0 Å². The van der Waals surface area contributed by atoms with Crippen LogP contribution in [0.4, 0.5) is 5.69 Å². The van der Waals surface area contributed by atoms with Crippen LogP contribution in [0.15, 0.2) is 4.52 Å². The Morgan fingerprint density at radius 3 is 2.62 bits per heavy atom. The molecule has 16 heavy (non-hydrogen) atoms. The van der Waals surface area contributed by atoms with Crippen LogP contribution in [-0.4, -0.2) is 21.2 Å². The summed E-state index contributed by atoms with van der Waals surface area (Å²) in [6.07, 6.45) is 3.56. The minimum atomic E-state index is -1.46. The Morgan fingerprint density at radius 1 is 1.50 bits per heavy atom. The van der Waals surface area contributed by atoms with Gasteiger partial charge in [-0.25, -0.2) is 4.79 Å². The third kappa shape index (κ3) is 1.64. The van der Waals surface area contributed by atoms with Crippen molar-refractivity contribution < 1.29 is 19.3 Å². The average molecular weight is 226 g/mol. The second-order valence-corrected chi connectivity index (χ2v) is 3.79. The summed E-state index contributed by atoms with van der Waals surface area (Å²) in [5, 5.41) is 23.1. The van der Waals surface area contributed by atoms with Gasteiger partial charge in [-0.05, 0) is 12.8 Å². The van der Waals surface area contributed by atoms with Gasteiger partial charge in [0.15, 0.2) is 5.69 Å². The molecule has 0 saturated heterocycles. The second kappa shape index (κ2) is 3.92. The minimum absolute atomic E-state index is 0.0442. The van der Waals surface area contributed by atoms with E-state index < -0.39 is 22.3 Å². The van der Waals surface area contributed by atoms with Gasteiger partial charge >= 0.3 is 17.4 Å². The first-order chi connectivity index (χ1) is 7.61. The van der Waals surface area contributed by atoms with Gasteiger partial charge in [-0.1, -0.05) is 18.0 Å². The van der Waals surface area contributed by atoms with Crippen LogP contribution >= 0.6 is 0 Å². The molecule has 1 aliphatic carbocycles. The van der Waals surface area contributed by atoms with E-state index in [1.165, 1.54) is 0 Å². The number of hydrogen-bond donors (Lipinski definition) is 1. The summed E-state index contributed by atoms with van der Waals surface area (Å²) in [6, 6.07) is 0. The number of carboxylic acids is 1. The summed E-state index contributed by atoms with van der Waals surface area (Å²) in [5.74, 6) is -2.17. The smallest absolute Gasteiger partial charge is 0.382 e. The summed E-state index contributed by atoms with van der Waals surface area (Å²) in [4.78, 5) is 20.8. The number of nitro groups is 1. The molecule has 1 N–H and O–H groups in total. The monoisotopic (exact) mass is 226 g/mol. The number of nitrogens with zero attached hydrogens (tertiary/aromatic N) is 2. The molecule has 7 heteroatoms. The van der Waals surface area contributed by atoms with E-state index in [9.17, 15) is 14.9 Å². The molecule has 0 unspecified atom stereocenters. The van der Waals surface area contributed by atoms with Gasteiger partial charge in [0.1, 0.15) is 0 Å². The first kappa shape index (κ1) is 10.6. The van der Waals surface area contributed by atoms with Gasteiger partial charge in [0.2, 0.25) is 0 Å². The first-order valence-electron chi connectivity index (χ1n) is 4.98. The average Bonchev–Trinajstić information content (AvgIpc) is 2.85. The van der Waals surface area contributed by atoms with Crippen molar-refractivity contribution in [2.45, 2.75) is 31.6 Å². The Hall–Kier alpha value is -1.92. The van der Waals surface area contributed by atoms with Crippen molar-refractivity contribution >= 4 is 11.7 Å². The zero-order chi connectivity index (χ0) is 11.7. The molecule has 0 aliphatic heterocycles. The molecule has 1 aliphatic rings. The fourth-order valence-corrected chi connectivity index (χ4v) is 2.08. The summed E-state index contributed by atoms with van der Waals surface area (Å²) in [7, 11) is 0. The molecule has 1 aromatic heterocycles. The number of carboxylic acid groups (broad SMARTS) is 1. The Morgan fingerprint density at radius 2 is 2.12 bits per heavy atom. The van der Waals surface area contributed by atoms with Gasteiger partial charge in [-0.3, -0.25) is 10.1 Å². The molecular formula is C9H10N2O5. The van der Waals surface area contributed by atoms with E-state index in [-0.39, 0.29) is 11.6 Å². The molecule has 86 valence electrons. The lowest BCUT2D eigenvalue weighted by molar-refractivity contribution is -0.386. The van der Waals surface area contributed by atoms with Crippen LogP contribution in [-0.2, 0) is 0 Å². The first-order valence-corrected chi connectivity index (χ1v) is 4.98. The predicted molar refractivity (Wildman–Crippen MR) is 51.3 cm³/mol.